The van der Waals surface area contributed by atoms with Crippen molar-refractivity contribution in [2.75, 3.05) is 26.8 Å². The number of hydrogen-bond acceptors (Lipinski definition) is 5. The number of aromatic nitrogens is 1. The summed E-state index contributed by atoms with van der Waals surface area (Å²) in [5, 5.41) is 14.2. The van der Waals surface area contributed by atoms with Crippen LogP contribution in [0.25, 0.3) is 0 Å². The highest BCUT2D eigenvalue weighted by Crippen LogP contribution is 2.23. The smallest absolute Gasteiger partial charge is 0.259 e. The minimum atomic E-state index is -0.859. The van der Waals surface area contributed by atoms with Crippen molar-refractivity contribution in [2.45, 2.75) is 32.3 Å². The highest BCUT2D eigenvalue weighted by molar-refractivity contribution is 5.95. The van der Waals surface area contributed by atoms with Gasteiger partial charge in [0.05, 0.1) is 11.3 Å². The van der Waals surface area contributed by atoms with E-state index in [1.807, 2.05) is 0 Å². The molecular formula is C13H20N2O4. The topological polar surface area (TPSA) is 75.8 Å². The summed E-state index contributed by atoms with van der Waals surface area (Å²) in [6.07, 6.45) is 1.10. The van der Waals surface area contributed by atoms with E-state index >= 15 is 0 Å². The highest BCUT2D eigenvalue weighted by atomic mass is 16.5. The molecule has 0 atom stereocenters. The first kappa shape index (κ1) is 14.0. The van der Waals surface area contributed by atoms with Crippen molar-refractivity contribution in [2.24, 2.45) is 0 Å². The van der Waals surface area contributed by atoms with Gasteiger partial charge in [0.25, 0.3) is 5.91 Å². The van der Waals surface area contributed by atoms with Gasteiger partial charge in [-0.3, -0.25) is 4.79 Å². The van der Waals surface area contributed by atoms with Gasteiger partial charge in [0.15, 0.2) is 0 Å². The maximum atomic E-state index is 12.3. The third kappa shape index (κ3) is 2.96. The van der Waals surface area contributed by atoms with Crippen LogP contribution in [-0.4, -0.2) is 53.5 Å². The average molecular weight is 268 g/mol. The Morgan fingerprint density at radius 1 is 1.42 bits per heavy atom. The summed E-state index contributed by atoms with van der Waals surface area (Å²) in [6.45, 7) is 4.80. The molecule has 19 heavy (non-hydrogen) atoms. The largest absolute Gasteiger partial charge is 0.388 e. The number of amides is 1. The average Bonchev–Trinajstić information content (AvgIpc) is 2.68. The van der Waals surface area contributed by atoms with E-state index in [4.69, 9.17) is 9.26 Å². The van der Waals surface area contributed by atoms with Crippen molar-refractivity contribution >= 4 is 5.91 Å². The first-order valence-electron chi connectivity index (χ1n) is 6.41. The number of aliphatic hydroxyl groups is 1. The molecule has 6 nitrogen and oxygen atoms in total. The zero-order valence-electron chi connectivity index (χ0n) is 11.6. The molecule has 0 unspecified atom stereocenters. The van der Waals surface area contributed by atoms with Crippen LogP contribution in [0, 0.1) is 13.8 Å². The van der Waals surface area contributed by atoms with Gasteiger partial charge >= 0.3 is 0 Å². The summed E-state index contributed by atoms with van der Waals surface area (Å²) >= 11 is 0. The number of aryl methyl sites for hydroxylation is 2. The van der Waals surface area contributed by atoms with Crippen LogP contribution in [0.1, 0.15) is 34.7 Å². The third-order valence-corrected chi connectivity index (χ3v) is 3.55. The Labute approximate surface area is 112 Å². The van der Waals surface area contributed by atoms with Gasteiger partial charge in [-0.25, -0.2) is 0 Å². The summed E-state index contributed by atoms with van der Waals surface area (Å²) in [5.41, 5.74) is 0.202. The standard InChI is InChI=1S/C13H20N2O4/c1-9-11(10(2)19-14-9)12(16)15(3)8-13(17)4-6-18-7-5-13/h17H,4-8H2,1-3H3. The molecular weight excluding hydrogens is 248 g/mol. The minimum absolute atomic E-state index is 0.170. The number of hydrogen-bond donors (Lipinski definition) is 1. The first-order valence-corrected chi connectivity index (χ1v) is 6.41. The third-order valence-electron chi connectivity index (χ3n) is 3.55. The molecule has 2 heterocycles. The Morgan fingerprint density at radius 2 is 2.05 bits per heavy atom. The quantitative estimate of drug-likeness (QED) is 0.881. The van der Waals surface area contributed by atoms with Crippen molar-refractivity contribution < 1.29 is 19.2 Å². The van der Waals surface area contributed by atoms with E-state index in [0.29, 0.717) is 49.6 Å². The Hall–Kier alpha value is -1.40. The van der Waals surface area contributed by atoms with Gasteiger partial charge in [-0.1, -0.05) is 5.16 Å². The second-order valence-corrected chi connectivity index (χ2v) is 5.20. The number of carbonyl (C=O) groups is 1. The van der Waals surface area contributed by atoms with Gasteiger partial charge in [-0.15, -0.1) is 0 Å². The predicted molar refractivity (Wildman–Crippen MR) is 67.9 cm³/mol. The normalized spacial score (nSPS) is 18.3. The van der Waals surface area contributed by atoms with E-state index in [2.05, 4.69) is 5.16 Å². The van der Waals surface area contributed by atoms with Crippen LogP contribution in [0.4, 0.5) is 0 Å². The Balaban J connectivity index is 2.07. The Bertz CT molecular complexity index is 444. The van der Waals surface area contributed by atoms with Crippen LogP contribution in [0.3, 0.4) is 0 Å². The van der Waals surface area contributed by atoms with E-state index in [1.165, 1.54) is 4.90 Å². The lowest BCUT2D eigenvalue weighted by atomic mass is 9.93. The molecule has 2 rings (SSSR count). The maximum Gasteiger partial charge on any atom is 0.259 e. The summed E-state index contributed by atoms with van der Waals surface area (Å²) in [6, 6.07) is 0. The number of nitrogens with zero attached hydrogens (tertiary/aromatic N) is 2. The van der Waals surface area contributed by atoms with Crippen LogP contribution >= 0.6 is 0 Å². The van der Waals surface area contributed by atoms with Gasteiger partial charge in [-0.05, 0) is 13.8 Å². The van der Waals surface area contributed by atoms with E-state index in [1.54, 1.807) is 20.9 Å². The molecule has 106 valence electrons. The fourth-order valence-corrected chi connectivity index (χ4v) is 2.40. The first-order chi connectivity index (χ1) is 8.93. The lowest BCUT2D eigenvalue weighted by Crippen LogP contribution is -2.47. The fraction of sp³-hybridized carbons (Fsp3) is 0.692. The van der Waals surface area contributed by atoms with Crippen LogP contribution in [0.5, 0.6) is 0 Å². The highest BCUT2D eigenvalue weighted by Gasteiger charge is 2.33. The summed E-state index contributed by atoms with van der Waals surface area (Å²) in [7, 11) is 1.68. The van der Waals surface area contributed by atoms with Crippen LogP contribution in [-0.2, 0) is 4.74 Å². The molecule has 1 aliphatic heterocycles. The van der Waals surface area contributed by atoms with Crippen LogP contribution in [0.2, 0.25) is 0 Å². The van der Waals surface area contributed by atoms with Gasteiger partial charge in [0.2, 0.25) is 0 Å². The lowest BCUT2D eigenvalue weighted by molar-refractivity contribution is -0.0734. The van der Waals surface area contributed by atoms with Crippen molar-refractivity contribution in [3.05, 3.63) is 17.0 Å². The van der Waals surface area contributed by atoms with Crippen molar-refractivity contribution in [1.29, 1.82) is 0 Å². The Kier molecular flexibility index (Phi) is 3.91. The molecule has 1 aromatic rings. The summed E-state index contributed by atoms with van der Waals surface area (Å²) in [5.74, 6) is 0.337. The molecule has 0 aromatic carbocycles. The van der Waals surface area contributed by atoms with Gasteiger partial charge in [0, 0.05) is 39.6 Å². The molecule has 1 aromatic heterocycles. The number of rotatable bonds is 3. The summed E-state index contributed by atoms with van der Waals surface area (Å²) < 4.78 is 10.2. The minimum Gasteiger partial charge on any atom is -0.388 e. The zero-order valence-corrected chi connectivity index (χ0v) is 11.6. The molecule has 1 amide bonds. The molecule has 0 saturated carbocycles. The Morgan fingerprint density at radius 3 is 2.58 bits per heavy atom. The molecule has 0 spiro atoms. The van der Waals surface area contributed by atoms with E-state index in [0.717, 1.165) is 0 Å². The van der Waals surface area contributed by atoms with E-state index in [-0.39, 0.29) is 5.91 Å². The molecule has 1 saturated heterocycles. The fourth-order valence-electron chi connectivity index (χ4n) is 2.40. The lowest BCUT2D eigenvalue weighted by Gasteiger charge is -2.35. The van der Waals surface area contributed by atoms with Crippen molar-refractivity contribution in [1.82, 2.24) is 10.1 Å². The predicted octanol–water partition coefficient (Wildman–Crippen LogP) is 0.905. The number of likely N-dealkylation sites (N-methyl/N-ethyl adjacent to an activating group) is 1. The molecule has 0 radical (unpaired) electrons. The second kappa shape index (κ2) is 5.30. The number of ether oxygens (including phenoxy) is 1. The second-order valence-electron chi connectivity index (χ2n) is 5.20. The number of carbonyl (C=O) groups excluding carboxylic acids is 1. The monoisotopic (exact) mass is 268 g/mol. The van der Waals surface area contributed by atoms with Crippen molar-refractivity contribution in [3.8, 4) is 0 Å². The molecule has 0 aliphatic carbocycles. The molecule has 1 N–H and O–H groups in total. The molecule has 1 fully saturated rings. The van der Waals surface area contributed by atoms with Crippen molar-refractivity contribution in [3.63, 3.8) is 0 Å². The van der Waals surface area contributed by atoms with Gasteiger partial charge in [0.1, 0.15) is 11.3 Å². The molecule has 0 bridgehead atoms. The van der Waals surface area contributed by atoms with Gasteiger partial charge < -0.3 is 19.3 Å². The molecule has 1 aliphatic rings. The maximum absolute atomic E-state index is 12.3. The van der Waals surface area contributed by atoms with Gasteiger partial charge in [-0.2, -0.15) is 0 Å². The van der Waals surface area contributed by atoms with E-state index < -0.39 is 5.60 Å². The zero-order chi connectivity index (χ0) is 14.0. The van der Waals surface area contributed by atoms with Crippen LogP contribution < -0.4 is 0 Å². The SMILES string of the molecule is Cc1noc(C)c1C(=O)N(C)CC1(O)CCOCC1. The van der Waals surface area contributed by atoms with Crippen LogP contribution in [0.15, 0.2) is 4.52 Å². The molecule has 6 heteroatoms. The van der Waals surface area contributed by atoms with E-state index in [9.17, 15) is 9.90 Å². The summed E-state index contributed by atoms with van der Waals surface area (Å²) in [4.78, 5) is 13.9.